The van der Waals surface area contributed by atoms with Gasteiger partial charge in [0.15, 0.2) is 5.78 Å². The third-order valence-electron chi connectivity index (χ3n) is 1.89. The molecule has 0 heterocycles. The van der Waals surface area contributed by atoms with Crippen LogP contribution in [0.1, 0.15) is 26.7 Å². The fourth-order valence-electron chi connectivity index (χ4n) is 1.36. The number of carbonyl (C=O) groups excluding carboxylic acids is 1. The smallest absolute Gasteiger partial charge is 0.305 e. The van der Waals surface area contributed by atoms with Crippen molar-refractivity contribution in [2.24, 2.45) is 0 Å². The van der Waals surface area contributed by atoms with Crippen molar-refractivity contribution in [2.75, 3.05) is 13.2 Å². The van der Waals surface area contributed by atoms with Gasteiger partial charge in [-0.1, -0.05) is 6.08 Å². The Bertz CT molecular complexity index is 285. The average molecular weight is 218 g/mol. The minimum absolute atomic E-state index is 0.116. The maximum atomic E-state index is 12.1. The minimum atomic E-state index is -3.31. The molecule has 0 aromatic heterocycles. The zero-order chi connectivity index (χ0) is 10.6. The Balaban J connectivity index is 2.87. The second-order valence-electron chi connectivity index (χ2n) is 2.88. The lowest BCUT2D eigenvalue weighted by Gasteiger charge is -2.16. The Morgan fingerprint density at radius 2 is 1.93 bits per heavy atom. The largest absolute Gasteiger partial charge is 0.364 e. The summed E-state index contributed by atoms with van der Waals surface area (Å²) in [6.45, 7) is 4.01. The van der Waals surface area contributed by atoms with Crippen molar-refractivity contribution in [2.45, 2.75) is 26.7 Å². The molecule has 0 unspecified atom stereocenters. The number of hydrogen-bond acceptors (Lipinski definition) is 4. The molecule has 1 aliphatic rings. The van der Waals surface area contributed by atoms with E-state index in [1.165, 1.54) is 0 Å². The lowest BCUT2D eigenvalue weighted by molar-refractivity contribution is -0.114. The predicted octanol–water partition coefficient (Wildman–Crippen LogP) is 2.50. The Morgan fingerprint density at radius 1 is 1.36 bits per heavy atom. The Morgan fingerprint density at radius 3 is 2.29 bits per heavy atom. The van der Waals surface area contributed by atoms with E-state index in [1.807, 2.05) is 0 Å². The fraction of sp³-hybridized carbons (Fsp3) is 0.667. The minimum Gasteiger partial charge on any atom is -0.305 e. The number of hydrogen-bond donors (Lipinski definition) is 0. The van der Waals surface area contributed by atoms with Crippen molar-refractivity contribution < 1.29 is 18.4 Å². The summed E-state index contributed by atoms with van der Waals surface area (Å²) in [7, 11) is -3.31. The van der Waals surface area contributed by atoms with Gasteiger partial charge >= 0.3 is 7.60 Å². The summed E-state index contributed by atoms with van der Waals surface area (Å²) >= 11 is 0. The first-order valence-corrected chi connectivity index (χ1v) is 6.31. The summed E-state index contributed by atoms with van der Waals surface area (Å²) in [5.74, 6) is -0.116. The van der Waals surface area contributed by atoms with Crippen molar-refractivity contribution in [3.63, 3.8) is 0 Å². The molecule has 4 nitrogen and oxygen atoms in total. The van der Waals surface area contributed by atoms with Crippen LogP contribution in [0.3, 0.4) is 0 Å². The third-order valence-corrected chi connectivity index (χ3v) is 4.11. The van der Waals surface area contributed by atoms with Crippen LogP contribution in [0.4, 0.5) is 0 Å². The van der Waals surface area contributed by atoms with Crippen LogP contribution in [0.15, 0.2) is 11.4 Å². The topological polar surface area (TPSA) is 52.6 Å². The van der Waals surface area contributed by atoms with Gasteiger partial charge in [-0.05, 0) is 20.3 Å². The van der Waals surface area contributed by atoms with Crippen molar-refractivity contribution in [1.29, 1.82) is 0 Å². The van der Waals surface area contributed by atoms with Crippen LogP contribution in [0.5, 0.6) is 0 Å². The van der Waals surface area contributed by atoms with E-state index in [-0.39, 0.29) is 24.3 Å². The Labute approximate surface area is 83.8 Å². The van der Waals surface area contributed by atoms with E-state index in [0.29, 0.717) is 12.8 Å². The van der Waals surface area contributed by atoms with E-state index < -0.39 is 7.60 Å². The normalized spacial score (nSPS) is 17.3. The third kappa shape index (κ3) is 2.32. The molecule has 1 aliphatic carbocycles. The number of allylic oxidation sites excluding steroid dienone is 2. The summed E-state index contributed by atoms with van der Waals surface area (Å²) in [5, 5.41) is 0.237. The highest BCUT2D eigenvalue weighted by molar-refractivity contribution is 7.60. The first-order chi connectivity index (χ1) is 6.64. The fourth-order valence-corrected chi connectivity index (χ4v) is 3.17. The molecule has 0 spiro atoms. The van der Waals surface area contributed by atoms with Gasteiger partial charge in [0.2, 0.25) is 0 Å². The second-order valence-corrected chi connectivity index (χ2v) is 4.88. The molecule has 0 aromatic rings. The molecule has 5 heteroatoms. The van der Waals surface area contributed by atoms with E-state index in [0.717, 1.165) is 0 Å². The molecule has 0 fully saturated rings. The summed E-state index contributed by atoms with van der Waals surface area (Å²) < 4.78 is 22.2. The van der Waals surface area contributed by atoms with Crippen LogP contribution in [-0.2, 0) is 18.4 Å². The van der Waals surface area contributed by atoms with E-state index in [9.17, 15) is 9.36 Å². The summed E-state index contributed by atoms with van der Waals surface area (Å²) in [5.41, 5.74) is 0. The summed E-state index contributed by atoms with van der Waals surface area (Å²) in [4.78, 5) is 11.4. The molecule has 0 atom stereocenters. The second kappa shape index (κ2) is 4.87. The van der Waals surface area contributed by atoms with Crippen molar-refractivity contribution >= 4 is 13.4 Å². The van der Waals surface area contributed by atoms with Crippen molar-refractivity contribution in [3.05, 3.63) is 11.4 Å². The zero-order valence-electron chi connectivity index (χ0n) is 8.49. The maximum Gasteiger partial charge on any atom is 0.364 e. The standard InChI is InChI=1S/C9H15O4P/c1-3-12-14(11,13-4-2)9-7-5-6-8(9)10/h7H,3-6H2,1-2H3. The zero-order valence-corrected chi connectivity index (χ0v) is 9.38. The molecule has 0 bridgehead atoms. The van der Waals surface area contributed by atoms with E-state index in [4.69, 9.17) is 9.05 Å². The first-order valence-electron chi connectivity index (χ1n) is 4.77. The van der Waals surface area contributed by atoms with Crippen molar-refractivity contribution in [3.8, 4) is 0 Å². The number of carbonyl (C=O) groups is 1. The van der Waals surface area contributed by atoms with Crippen LogP contribution in [0, 0.1) is 0 Å². The molecule has 0 N–H and O–H groups in total. The number of ketones is 1. The molecule has 80 valence electrons. The lowest BCUT2D eigenvalue weighted by atomic mass is 10.3. The van der Waals surface area contributed by atoms with Crippen LogP contribution in [-0.4, -0.2) is 19.0 Å². The number of rotatable bonds is 5. The highest BCUT2D eigenvalue weighted by Crippen LogP contribution is 2.58. The molecule has 0 radical (unpaired) electrons. The van der Waals surface area contributed by atoms with Gasteiger partial charge in [0.25, 0.3) is 0 Å². The molecule has 0 amide bonds. The molecule has 0 aliphatic heterocycles. The molecule has 0 aromatic carbocycles. The highest BCUT2D eigenvalue weighted by Gasteiger charge is 2.36. The van der Waals surface area contributed by atoms with E-state index in [2.05, 4.69) is 0 Å². The quantitative estimate of drug-likeness (QED) is 0.665. The molecule has 1 rings (SSSR count). The molecule has 0 saturated heterocycles. The lowest BCUT2D eigenvalue weighted by Crippen LogP contribution is -2.03. The monoisotopic (exact) mass is 218 g/mol. The van der Waals surface area contributed by atoms with Gasteiger partial charge in [-0.3, -0.25) is 9.36 Å². The summed E-state index contributed by atoms with van der Waals surface area (Å²) in [6.07, 6.45) is 2.71. The number of Topliss-reactive ketones (excluding diaryl/α,β-unsaturated/α-hetero) is 1. The Kier molecular flexibility index (Phi) is 4.05. The molecule has 0 saturated carbocycles. The van der Waals surface area contributed by atoms with Gasteiger partial charge in [0.1, 0.15) is 5.31 Å². The van der Waals surface area contributed by atoms with Crippen LogP contribution in [0.25, 0.3) is 0 Å². The predicted molar refractivity (Wildman–Crippen MR) is 53.2 cm³/mol. The van der Waals surface area contributed by atoms with Gasteiger partial charge in [-0.15, -0.1) is 0 Å². The van der Waals surface area contributed by atoms with Gasteiger partial charge < -0.3 is 9.05 Å². The van der Waals surface area contributed by atoms with Gasteiger partial charge in [-0.25, -0.2) is 0 Å². The SMILES string of the molecule is CCOP(=O)(OCC)C1=CCCC1=O. The van der Waals surface area contributed by atoms with Crippen LogP contribution >= 0.6 is 7.60 Å². The maximum absolute atomic E-state index is 12.1. The van der Waals surface area contributed by atoms with Gasteiger partial charge in [0.05, 0.1) is 13.2 Å². The van der Waals surface area contributed by atoms with Gasteiger partial charge in [-0.2, -0.15) is 0 Å². The van der Waals surface area contributed by atoms with Crippen molar-refractivity contribution in [1.82, 2.24) is 0 Å². The van der Waals surface area contributed by atoms with Gasteiger partial charge in [0, 0.05) is 6.42 Å². The summed E-state index contributed by atoms with van der Waals surface area (Å²) in [6, 6.07) is 0. The molecular weight excluding hydrogens is 203 g/mol. The van der Waals surface area contributed by atoms with Crippen LogP contribution in [0.2, 0.25) is 0 Å². The Hall–Kier alpha value is -0.440. The first kappa shape index (κ1) is 11.6. The average Bonchev–Trinajstić information content (AvgIpc) is 2.52. The molecule has 14 heavy (non-hydrogen) atoms. The van der Waals surface area contributed by atoms with E-state index in [1.54, 1.807) is 19.9 Å². The highest BCUT2D eigenvalue weighted by atomic mass is 31.2. The van der Waals surface area contributed by atoms with Crippen LogP contribution < -0.4 is 0 Å². The van der Waals surface area contributed by atoms with E-state index >= 15 is 0 Å². The molecular formula is C9H15O4P.